The van der Waals surface area contributed by atoms with E-state index in [9.17, 15) is 9.90 Å². The summed E-state index contributed by atoms with van der Waals surface area (Å²) in [7, 11) is 0. The molecule has 0 bridgehead atoms. The zero-order valence-corrected chi connectivity index (χ0v) is 11.0. The van der Waals surface area contributed by atoms with Crippen molar-refractivity contribution < 1.29 is 14.6 Å². The van der Waals surface area contributed by atoms with Gasteiger partial charge < -0.3 is 15.2 Å². The van der Waals surface area contributed by atoms with Gasteiger partial charge in [0.1, 0.15) is 17.4 Å². The molecule has 1 aromatic carbocycles. The monoisotopic (exact) mass is 272 g/mol. The van der Waals surface area contributed by atoms with Gasteiger partial charge in [-0.1, -0.05) is 12.1 Å². The van der Waals surface area contributed by atoms with Gasteiger partial charge in [0, 0.05) is 13.2 Å². The minimum Gasteiger partial charge on any atom is -0.508 e. The van der Waals surface area contributed by atoms with Gasteiger partial charge in [-0.2, -0.15) is 5.26 Å². The number of hydrogen-bond donors (Lipinski definition) is 2. The van der Waals surface area contributed by atoms with Gasteiger partial charge in [-0.25, -0.2) is 0 Å². The zero-order chi connectivity index (χ0) is 14.4. The molecule has 0 saturated carbocycles. The molecule has 1 atom stereocenters. The number of benzene rings is 1. The molecule has 0 aliphatic carbocycles. The van der Waals surface area contributed by atoms with Gasteiger partial charge in [-0.05, 0) is 36.6 Å². The summed E-state index contributed by atoms with van der Waals surface area (Å²) in [5.74, 6) is -0.331. The van der Waals surface area contributed by atoms with E-state index in [1.807, 2.05) is 6.07 Å². The standard InChI is InChI=1S/C15H16N2O3/c16-9-12(7-11-3-1-4-13(18)8-11)15(19)17-10-14-5-2-6-20-14/h1,3-4,7-8,14,18H,2,5-6,10H2,(H,17,19). The third kappa shape index (κ3) is 3.84. The van der Waals surface area contributed by atoms with Crippen molar-refractivity contribution in [2.24, 2.45) is 0 Å². The molecule has 1 aliphatic rings. The Labute approximate surface area is 117 Å². The lowest BCUT2D eigenvalue weighted by molar-refractivity contribution is -0.117. The molecule has 104 valence electrons. The van der Waals surface area contributed by atoms with Crippen LogP contribution < -0.4 is 5.32 Å². The predicted octanol–water partition coefficient (Wildman–Crippen LogP) is 1.59. The average Bonchev–Trinajstić information content (AvgIpc) is 2.95. The van der Waals surface area contributed by atoms with Crippen LogP contribution in [-0.2, 0) is 9.53 Å². The summed E-state index contributed by atoms with van der Waals surface area (Å²) >= 11 is 0. The van der Waals surface area contributed by atoms with Crippen LogP contribution in [0.25, 0.3) is 6.08 Å². The number of amides is 1. The number of phenolic OH excluding ortho intramolecular Hbond substituents is 1. The molecule has 1 heterocycles. The number of hydrogen-bond acceptors (Lipinski definition) is 4. The van der Waals surface area contributed by atoms with E-state index in [1.54, 1.807) is 12.1 Å². The first-order valence-electron chi connectivity index (χ1n) is 6.49. The molecule has 2 rings (SSSR count). The minimum atomic E-state index is -0.425. The van der Waals surface area contributed by atoms with Crippen molar-refractivity contribution in [3.63, 3.8) is 0 Å². The molecule has 1 unspecified atom stereocenters. The van der Waals surface area contributed by atoms with Crippen molar-refractivity contribution in [2.45, 2.75) is 18.9 Å². The van der Waals surface area contributed by atoms with Crippen LogP contribution in [0.4, 0.5) is 0 Å². The van der Waals surface area contributed by atoms with Crippen LogP contribution in [-0.4, -0.2) is 30.3 Å². The lowest BCUT2D eigenvalue weighted by atomic mass is 10.1. The Hall–Kier alpha value is -2.32. The molecule has 0 spiro atoms. The summed E-state index contributed by atoms with van der Waals surface area (Å²) in [4.78, 5) is 11.9. The molecule has 5 heteroatoms. The van der Waals surface area contributed by atoms with E-state index in [2.05, 4.69) is 5.32 Å². The number of nitriles is 1. The van der Waals surface area contributed by atoms with Crippen molar-refractivity contribution >= 4 is 12.0 Å². The van der Waals surface area contributed by atoms with Crippen molar-refractivity contribution in [1.82, 2.24) is 5.32 Å². The molecule has 1 aliphatic heterocycles. The summed E-state index contributed by atoms with van der Waals surface area (Å²) in [6, 6.07) is 8.26. The Morgan fingerprint density at radius 1 is 1.60 bits per heavy atom. The largest absolute Gasteiger partial charge is 0.508 e. The fourth-order valence-corrected chi connectivity index (χ4v) is 2.04. The van der Waals surface area contributed by atoms with E-state index >= 15 is 0 Å². The number of phenols is 1. The topological polar surface area (TPSA) is 82.3 Å². The van der Waals surface area contributed by atoms with Gasteiger partial charge >= 0.3 is 0 Å². The summed E-state index contributed by atoms with van der Waals surface area (Å²) in [5, 5.41) is 21.1. The van der Waals surface area contributed by atoms with Gasteiger partial charge in [-0.3, -0.25) is 4.79 Å². The summed E-state index contributed by atoms with van der Waals surface area (Å²) in [5.41, 5.74) is 0.613. The van der Waals surface area contributed by atoms with Gasteiger partial charge in [-0.15, -0.1) is 0 Å². The number of aromatic hydroxyl groups is 1. The fraction of sp³-hybridized carbons (Fsp3) is 0.333. The maximum Gasteiger partial charge on any atom is 0.262 e. The summed E-state index contributed by atoms with van der Waals surface area (Å²) < 4.78 is 5.40. The highest BCUT2D eigenvalue weighted by Gasteiger charge is 2.17. The molecule has 1 saturated heterocycles. The minimum absolute atomic E-state index is 0.00796. The lowest BCUT2D eigenvalue weighted by Crippen LogP contribution is -2.32. The molecular weight excluding hydrogens is 256 g/mol. The van der Waals surface area contributed by atoms with Crippen LogP contribution >= 0.6 is 0 Å². The Morgan fingerprint density at radius 3 is 3.10 bits per heavy atom. The Balaban J connectivity index is 1.99. The summed E-state index contributed by atoms with van der Waals surface area (Å²) in [6.45, 7) is 1.14. The highest BCUT2D eigenvalue weighted by Crippen LogP contribution is 2.14. The number of rotatable bonds is 4. The van der Waals surface area contributed by atoms with E-state index in [0.29, 0.717) is 12.1 Å². The van der Waals surface area contributed by atoms with E-state index in [4.69, 9.17) is 10.00 Å². The van der Waals surface area contributed by atoms with Crippen molar-refractivity contribution in [3.05, 3.63) is 35.4 Å². The van der Waals surface area contributed by atoms with E-state index in [-0.39, 0.29) is 17.4 Å². The molecule has 1 fully saturated rings. The number of nitrogens with one attached hydrogen (secondary N) is 1. The molecule has 1 amide bonds. The normalized spacial score (nSPS) is 18.6. The average molecular weight is 272 g/mol. The molecular formula is C15H16N2O3. The fourth-order valence-electron chi connectivity index (χ4n) is 2.04. The first kappa shape index (κ1) is 14.1. The quantitative estimate of drug-likeness (QED) is 0.644. The predicted molar refractivity (Wildman–Crippen MR) is 73.7 cm³/mol. The third-order valence-electron chi connectivity index (χ3n) is 3.06. The Bertz CT molecular complexity index is 554. The maximum atomic E-state index is 11.9. The molecule has 0 radical (unpaired) electrons. The molecule has 2 N–H and O–H groups in total. The highest BCUT2D eigenvalue weighted by atomic mass is 16.5. The SMILES string of the molecule is N#CC(=Cc1cccc(O)c1)C(=O)NCC1CCCO1. The second kappa shape index (κ2) is 6.73. The van der Waals surface area contributed by atoms with Gasteiger partial charge in [0.2, 0.25) is 0 Å². The molecule has 0 aromatic heterocycles. The van der Waals surface area contributed by atoms with Crippen LogP contribution in [0.15, 0.2) is 29.8 Å². The first-order chi connectivity index (χ1) is 9.69. The van der Waals surface area contributed by atoms with Crippen LogP contribution in [0.3, 0.4) is 0 Å². The Morgan fingerprint density at radius 2 is 2.45 bits per heavy atom. The summed E-state index contributed by atoms with van der Waals surface area (Å²) in [6.07, 6.45) is 3.42. The van der Waals surface area contributed by atoms with E-state index in [1.165, 1.54) is 18.2 Å². The zero-order valence-electron chi connectivity index (χ0n) is 11.0. The Kier molecular flexibility index (Phi) is 4.75. The number of ether oxygens (including phenoxy) is 1. The number of carbonyl (C=O) groups excluding carboxylic acids is 1. The van der Waals surface area contributed by atoms with E-state index < -0.39 is 5.91 Å². The van der Waals surface area contributed by atoms with Gasteiger partial charge in [0.25, 0.3) is 5.91 Å². The molecule has 1 aromatic rings. The van der Waals surface area contributed by atoms with Crippen molar-refractivity contribution in [3.8, 4) is 11.8 Å². The first-order valence-corrected chi connectivity index (χ1v) is 6.49. The van der Waals surface area contributed by atoms with Crippen LogP contribution in [0.2, 0.25) is 0 Å². The third-order valence-corrected chi connectivity index (χ3v) is 3.06. The maximum absolute atomic E-state index is 11.9. The van der Waals surface area contributed by atoms with Crippen LogP contribution in [0, 0.1) is 11.3 Å². The van der Waals surface area contributed by atoms with E-state index in [0.717, 1.165) is 19.4 Å². The smallest absolute Gasteiger partial charge is 0.262 e. The number of nitrogens with zero attached hydrogens (tertiary/aromatic N) is 1. The molecule has 5 nitrogen and oxygen atoms in total. The molecule has 20 heavy (non-hydrogen) atoms. The van der Waals surface area contributed by atoms with Crippen LogP contribution in [0.5, 0.6) is 5.75 Å². The highest BCUT2D eigenvalue weighted by molar-refractivity contribution is 6.01. The second-order valence-corrected chi connectivity index (χ2v) is 4.61. The van der Waals surface area contributed by atoms with Crippen molar-refractivity contribution in [1.29, 1.82) is 5.26 Å². The van der Waals surface area contributed by atoms with Crippen molar-refractivity contribution in [2.75, 3.05) is 13.2 Å². The lowest BCUT2D eigenvalue weighted by Gasteiger charge is -2.10. The van der Waals surface area contributed by atoms with Gasteiger partial charge in [0.15, 0.2) is 0 Å². The van der Waals surface area contributed by atoms with Crippen LogP contribution in [0.1, 0.15) is 18.4 Å². The van der Waals surface area contributed by atoms with Gasteiger partial charge in [0.05, 0.1) is 6.10 Å². The number of carbonyl (C=O) groups is 1. The second-order valence-electron chi connectivity index (χ2n) is 4.61.